The van der Waals surface area contributed by atoms with Crippen LogP contribution in [-0.2, 0) is 11.3 Å². The molecule has 1 heterocycles. The van der Waals surface area contributed by atoms with Gasteiger partial charge in [0, 0.05) is 26.2 Å². The van der Waals surface area contributed by atoms with Gasteiger partial charge in [-0.2, -0.15) is 0 Å². The molecule has 0 atom stereocenters. The number of carbonyl (C=O) groups excluding carboxylic acids is 1. The fraction of sp³-hybridized carbons (Fsp3) is 0.500. The Bertz CT molecular complexity index is 518. The van der Waals surface area contributed by atoms with Crippen molar-refractivity contribution in [3.8, 4) is 0 Å². The van der Waals surface area contributed by atoms with Gasteiger partial charge in [0.15, 0.2) is 0 Å². The SMILES string of the molecule is CC(C)(C)OC(=O)N1CC=C(CNCc2ccccc2)CC1. The van der Waals surface area contributed by atoms with Crippen LogP contribution in [0.15, 0.2) is 42.0 Å². The number of nitrogens with zero attached hydrogens (tertiary/aromatic N) is 1. The number of carbonyl (C=O) groups is 1. The maximum absolute atomic E-state index is 12.0. The molecule has 1 aromatic carbocycles. The maximum Gasteiger partial charge on any atom is 0.410 e. The van der Waals surface area contributed by atoms with E-state index in [2.05, 4.69) is 35.7 Å². The molecule has 0 radical (unpaired) electrons. The fourth-order valence-corrected chi connectivity index (χ4v) is 2.33. The summed E-state index contributed by atoms with van der Waals surface area (Å²) in [5.41, 5.74) is 2.21. The van der Waals surface area contributed by atoms with Crippen molar-refractivity contribution in [2.45, 2.75) is 39.3 Å². The van der Waals surface area contributed by atoms with Crippen LogP contribution in [0.3, 0.4) is 0 Å². The number of benzene rings is 1. The average molecular weight is 302 g/mol. The Balaban J connectivity index is 1.73. The molecule has 120 valence electrons. The van der Waals surface area contributed by atoms with Gasteiger partial charge in [-0.15, -0.1) is 0 Å². The number of hydrogen-bond donors (Lipinski definition) is 1. The van der Waals surface area contributed by atoms with E-state index < -0.39 is 5.60 Å². The van der Waals surface area contributed by atoms with Crippen LogP contribution in [0.4, 0.5) is 4.79 Å². The molecule has 0 saturated heterocycles. The monoisotopic (exact) mass is 302 g/mol. The van der Waals surface area contributed by atoms with Gasteiger partial charge < -0.3 is 15.0 Å². The molecule has 2 rings (SSSR count). The summed E-state index contributed by atoms with van der Waals surface area (Å²) >= 11 is 0. The molecule has 4 heteroatoms. The van der Waals surface area contributed by atoms with Crippen molar-refractivity contribution in [1.29, 1.82) is 0 Å². The quantitative estimate of drug-likeness (QED) is 0.867. The zero-order valence-corrected chi connectivity index (χ0v) is 13.8. The molecule has 0 aliphatic carbocycles. The smallest absolute Gasteiger partial charge is 0.410 e. The predicted octanol–water partition coefficient (Wildman–Crippen LogP) is 3.34. The summed E-state index contributed by atoms with van der Waals surface area (Å²) in [5, 5.41) is 3.45. The summed E-state index contributed by atoms with van der Waals surface area (Å²) in [6.07, 6.45) is 2.81. The van der Waals surface area contributed by atoms with Gasteiger partial charge in [0.25, 0.3) is 0 Å². The maximum atomic E-state index is 12.0. The topological polar surface area (TPSA) is 41.6 Å². The summed E-state index contributed by atoms with van der Waals surface area (Å²) in [6.45, 7) is 8.78. The Morgan fingerprint density at radius 1 is 1.23 bits per heavy atom. The third-order valence-corrected chi connectivity index (χ3v) is 3.48. The average Bonchev–Trinajstić information content (AvgIpc) is 2.47. The lowest BCUT2D eigenvalue weighted by Gasteiger charge is -2.29. The van der Waals surface area contributed by atoms with E-state index in [-0.39, 0.29) is 6.09 Å². The van der Waals surface area contributed by atoms with Crippen LogP contribution in [0, 0.1) is 0 Å². The molecular formula is C18H26N2O2. The van der Waals surface area contributed by atoms with Gasteiger partial charge in [-0.1, -0.05) is 42.0 Å². The zero-order valence-electron chi connectivity index (χ0n) is 13.8. The summed E-state index contributed by atoms with van der Waals surface area (Å²) in [6, 6.07) is 10.4. The van der Waals surface area contributed by atoms with Crippen molar-refractivity contribution in [3.05, 3.63) is 47.5 Å². The first kappa shape index (κ1) is 16.6. The number of rotatable bonds is 4. The number of ether oxygens (including phenoxy) is 1. The second-order valence-electron chi connectivity index (χ2n) is 6.63. The van der Waals surface area contributed by atoms with Gasteiger partial charge in [-0.05, 0) is 32.8 Å². The molecule has 0 aromatic heterocycles. The Morgan fingerprint density at radius 2 is 1.95 bits per heavy atom. The molecule has 1 aromatic rings. The highest BCUT2D eigenvalue weighted by molar-refractivity contribution is 5.68. The summed E-state index contributed by atoms with van der Waals surface area (Å²) in [4.78, 5) is 13.7. The summed E-state index contributed by atoms with van der Waals surface area (Å²) in [7, 11) is 0. The second-order valence-corrected chi connectivity index (χ2v) is 6.63. The van der Waals surface area contributed by atoms with E-state index in [1.165, 1.54) is 11.1 Å². The fourth-order valence-electron chi connectivity index (χ4n) is 2.33. The van der Waals surface area contributed by atoms with Gasteiger partial charge in [0.2, 0.25) is 0 Å². The van der Waals surface area contributed by atoms with Gasteiger partial charge in [0.1, 0.15) is 5.60 Å². The molecule has 1 aliphatic rings. The largest absolute Gasteiger partial charge is 0.444 e. The van der Waals surface area contributed by atoms with E-state index in [1.807, 2.05) is 26.8 Å². The third-order valence-electron chi connectivity index (χ3n) is 3.48. The molecular weight excluding hydrogens is 276 g/mol. The third kappa shape index (κ3) is 5.53. The minimum Gasteiger partial charge on any atom is -0.444 e. The molecule has 0 spiro atoms. The molecule has 1 aliphatic heterocycles. The van der Waals surface area contributed by atoms with Crippen molar-refractivity contribution in [3.63, 3.8) is 0 Å². The van der Waals surface area contributed by atoms with E-state index in [9.17, 15) is 4.79 Å². The molecule has 1 N–H and O–H groups in total. The van der Waals surface area contributed by atoms with Crippen LogP contribution in [0.25, 0.3) is 0 Å². The minimum absolute atomic E-state index is 0.222. The predicted molar refractivity (Wildman–Crippen MR) is 88.7 cm³/mol. The van der Waals surface area contributed by atoms with Gasteiger partial charge in [-0.25, -0.2) is 4.79 Å². The van der Waals surface area contributed by atoms with Gasteiger partial charge >= 0.3 is 6.09 Å². The standard InChI is InChI=1S/C18H26N2O2/c1-18(2,3)22-17(21)20-11-9-16(10-12-20)14-19-13-15-7-5-4-6-8-15/h4-9,19H,10-14H2,1-3H3. The second kappa shape index (κ2) is 7.45. The highest BCUT2D eigenvalue weighted by Crippen LogP contribution is 2.15. The van der Waals surface area contributed by atoms with Crippen molar-refractivity contribution >= 4 is 6.09 Å². The van der Waals surface area contributed by atoms with Crippen LogP contribution in [0.5, 0.6) is 0 Å². The van der Waals surface area contributed by atoms with Crippen LogP contribution < -0.4 is 5.32 Å². The van der Waals surface area contributed by atoms with Crippen LogP contribution in [0.1, 0.15) is 32.8 Å². The Morgan fingerprint density at radius 3 is 2.55 bits per heavy atom. The summed E-state index contributed by atoms with van der Waals surface area (Å²) < 4.78 is 5.39. The number of nitrogens with one attached hydrogen (secondary N) is 1. The molecule has 1 amide bonds. The van der Waals surface area contributed by atoms with E-state index in [1.54, 1.807) is 4.90 Å². The molecule has 4 nitrogen and oxygen atoms in total. The van der Waals surface area contributed by atoms with E-state index in [0.29, 0.717) is 6.54 Å². The Labute approximate surface area is 133 Å². The Kier molecular flexibility index (Phi) is 5.61. The lowest BCUT2D eigenvalue weighted by Crippen LogP contribution is -2.39. The molecule has 0 unspecified atom stereocenters. The lowest BCUT2D eigenvalue weighted by atomic mass is 10.1. The number of amides is 1. The minimum atomic E-state index is -0.432. The highest BCUT2D eigenvalue weighted by Gasteiger charge is 2.23. The molecule has 0 saturated carbocycles. The van der Waals surface area contributed by atoms with Crippen LogP contribution in [-0.4, -0.2) is 36.2 Å². The van der Waals surface area contributed by atoms with Crippen molar-refractivity contribution in [2.24, 2.45) is 0 Å². The lowest BCUT2D eigenvalue weighted by molar-refractivity contribution is 0.0265. The van der Waals surface area contributed by atoms with Crippen LogP contribution in [0.2, 0.25) is 0 Å². The zero-order chi connectivity index (χ0) is 16.0. The van der Waals surface area contributed by atoms with E-state index in [0.717, 1.165) is 26.1 Å². The molecule has 0 bridgehead atoms. The van der Waals surface area contributed by atoms with Crippen molar-refractivity contribution in [1.82, 2.24) is 10.2 Å². The van der Waals surface area contributed by atoms with Crippen molar-refractivity contribution in [2.75, 3.05) is 19.6 Å². The first-order valence-electron chi connectivity index (χ1n) is 7.84. The summed E-state index contributed by atoms with van der Waals surface area (Å²) in [5.74, 6) is 0. The normalized spacial score (nSPS) is 15.4. The highest BCUT2D eigenvalue weighted by atomic mass is 16.6. The van der Waals surface area contributed by atoms with Crippen molar-refractivity contribution < 1.29 is 9.53 Å². The number of hydrogen-bond acceptors (Lipinski definition) is 3. The van der Waals surface area contributed by atoms with E-state index in [4.69, 9.17) is 4.74 Å². The Hall–Kier alpha value is -1.81. The van der Waals surface area contributed by atoms with E-state index >= 15 is 0 Å². The molecule has 22 heavy (non-hydrogen) atoms. The van der Waals surface area contributed by atoms with Gasteiger partial charge in [-0.3, -0.25) is 0 Å². The first-order chi connectivity index (χ1) is 10.4. The first-order valence-corrected chi connectivity index (χ1v) is 7.84. The van der Waals surface area contributed by atoms with Gasteiger partial charge in [0.05, 0.1) is 0 Å². The van der Waals surface area contributed by atoms with Crippen LogP contribution >= 0.6 is 0 Å². The molecule has 0 fully saturated rings.